The second-order valence-corrected chi connectivity index (χ2v) is 6.09. The van der Waals surface area contributed by atoms with Gasteiger partial charge in [-0.25, -0.2) is 4.99 Å². The van der Waals surface area contributed by atoms with Gasteiger partial charge in [0, 0.05) is 5.56 Å². The first-order valence-corrected chi connectivity index (χ1v) is 8.48. The summed E-state index contributed by atoms with van der Waals surface area (Å²) in [6.07, 6.45) is 0. The third kappa shape index (κ3) is 2.68. The number of methoxy groups -OCH3 is 3. The van der Waals surface area contributed by atoms with Crippen molar-refractivity contribution in [2.24, 2.45) is 4.99 Å². The minimum Gasteiger partial charge on any atom is -0.504 e. The van der Waals surface area contributed by atoms with E-state index in [9.17, 15) is 5.11 Å². The molecule has 0 saturated carbocycles. The first-order valence-electron chi connectivity index (χ1n) is 8.48. The summed E-state index contributed by atoms with van der Waals surface area (Å²) in [5.41, 5.74) is 4.78. The summed E-state index contributed by atoms with van der Waals surface area (Å²) in [5.74, 6) is 1.70. The van der Waals surface area contributed by atoms with Crippen molar-refractivity contribution >= 4 is 11.4 Å². The molecular formula is C22H19NO4. The van der Waals surface area contributed by atoms with Crippen molar-refractivity contribution < 1.29 is 19.3 Å². The van der Waals surface area contributed by atoms with E-state index in [4.69, 9.17) is 19.2 Å². The van der Waals surface area contributed by atoms with Gasteiger partial charge < -0.3 is 19.3 Å². The first kappa shape index (κ1) is 17.0. The Morgan fingerprint density at radius 3 is 1.96 bits per heavy atom. The van der Waals surface area contributed by atoms with E-state index >= 15 is 0 Å². The zero-order chi connectivity index (χ0) is 19.0. The molecule has 0 amide bonds. The second-order valence-electron chi connectivity index (χ2n) is 6.09. The van der Waals surface area contributed by atoms with Crippen molar-refractivity contribution in [3.8, 4) is 34.1 Å². The molecule has 0 spiro atoms. The average molecular weight is 361 g/mol. The SMILES string of the molecule is COc1cc2c(cc1OC)-c1ccc(OC)c(O)c1C2=Nc1ccccc1. The zero-order valence-corrected chi connectivity index (χ0v) is 15.3. The Morgan fingerprint density at radius 1 is 0.704 bits per heavy atom. The zero-order valence-electron chi connectivity index (χ0n) is 15.3. The third-order valence-electron chi connectivity index (χ3n) is 4.66. The highest BCUT2D eigenvalue weighted by atomic mass is 16.5. The molecule has 1 aliphatic carbocycles. The number of rotatable bonds is 4. The lowest BCUT2D eigenvalue weighted by molar-refractivity contribution is 0.355. The molecule has 0 bridgehead atoms. The van der Waals surface area contributed by atoms with Gasteiger partial charge in [-0.15, -0.1) is 0 Å². The van der Waals surface area contributed by atoms with E-state index in [2.05, 4.69) is 0 Å². The van der Waals surface area contributed by atoms with Crippen LogP contribution in [0.15, 0.2) is 59.6 Å². The van der Waals surface area contributed by atoms with Crippen LogP contribution in [0.25, 0.3) is 11.1 Å². The molecule has 0 atom stereocenters. The average Bonchev–Trinajstić information content (AvgIpc) is 3.01. The summed E-state index contributed by atoms with van der Waals surface area (Å²) in [6, 6.07) is 17.1. The molecule has 0 radical (unpaired) electrons. The standard InChI is InChI=1S/C22H19NO4/c1-25-17-10-9-14-15-11-18(26-2)19(27-3)12-16(15)21(20(14)22(17)24)23-13-7-5-4-6-8-13/h4-12,24H,1-3H3. The Bertz CT molecular complexity index is 1040. The van der Waals surface area contributed by atoms with Gasteiger partial charge in [0.2, 0.25) is 0 Å². The first-order chi connectivity index (χ1) is 13.2. The monoisotopic (exact) mass is 361 g/mol. The molecule has 0 heterocycles. The van der Waals surface area contributed by atoms with Gasteiger partial charge in [-0.2, -0.15) is 0 Å². The van der Waals surface area contributed by atoms with Crippen molar-refractivity contribution in [3.05, 3.63) is 65.7 Å². The number of aromatic hydroxyl groups is 1. The van der Waals surface area contributed by atoms with Crippen LogP contribution in [0.2, 0.25) is 0 Å². The van der Waals surface area contributed by atoms with Gasteiger partial charge in [-0.05, 0) is 47.5 Å². The van der Waals surface area contributed by atoms with Gasteiger partial charge in [0.25, 0.3) is 0 Å². The largest absolute Gasteiger partial charge is 0.504 e. The quantitative estimate of drug-likeness (QED) is 0.578. The molecule has 1 N–H and O–H groups in total. The lowest BCUT2D eigenvalue weighted by Gasteiger charge is -2.10. The molecule has 1 aliphatic rings. The van der Waals surface area contributed by atoms with E-state index in [0.717, 1.165) is 22.4 Å². The van der Waals surface area contributed by atoms with Gasteiger partial charge in [0.05, 0.1) is 38.3 Å². The Hall–Kier alpha value is -3.47. The Labute approximate surface area is 157 Å². The number of aliphatic imine (C=N–C) groups is 1. The number of phenols is 1. The molecule has 3 aromatic rings. The number of para-hydroxylation sites is 1. The predicted octanol–water partition coefficient (Wildman–Crippen LogP) is 4.57. The van der Waals surface area contributed by atoms with E-state index in [1.165, 1.54) is 7.11 Å². The number of hydrogen-bond acceptors (Lipinski definition) is 5. The number of phenolic OH excluding ortho intramolecular Hbond substituents is 1. The topological polar surface area (TPSA) is 60.3 Å². The molecule has 136 valence electrons. The van der Waals surface area contributed by atoms with E-state index in [-0.39, 0.29) is 5.75 Å². The Balaban J connectivity index is 2.04. The molecule has 0 aliphatic heterocycles. The lowest BCUT2D eigenvalue weighted by atomic mass is 10.0. The second kappa shape index (κ2) is 6.68. The Morgan fingerprint density at radius 2 is 1.33 bits per heavy atom. The van der Waals surface area contributed by atoms with Crippen molar-refractivity contribution in [1.29, 1.82) is 0 Å². The van der Waals surface area contributed by atoms with Crippen LogP contribution in [0.3, 0.4) is 0 Å². The normalized spacial score (nSPS) is 13.2. The molecule has 3 aromatic carbocycles. The van der Waals surface area contributed by atoms with Crippen LogP contribution in [0.1, 0.15) is 11.1 Å². The van der Waals surface area contributed by atoms with Crippen LogP contribution in [0, 0.1) is 0 Å². The van der Waals surface area contributed by atoms with E-state index in [0.29, 0.717) is 28.5 Å². The van der Waals surface area contributed by atoms with Gasteiger partial charge >= 0.3 is 0 Å². The number of nitrogens with zero attached hydrogens (tertiary/aromatic N) is 1. The molecule has 4 rings (SSSR count). The van der Waals surface area contributed by atoms with Gasteiger partial charge in [0.15, 0.2) is 23.0 Å². The van der Waals surface area contributed by atoms with Crippen molar-refractivity contribution in [2.75, 3.05) is 21.3 Å². The summed E-state index contributed by atoms with van der Waals surface area (Å²) in [7, 11) is 4.73. The maximum Gasteiger partial charge on any atom is 0.167 e. The summed E-state index contributed by atoms with van der Waals surface area (Å²) in [4.78, 5) is 4.81. The summed E-state index contributed by atoms with van der Waals surface area (Å²) in [5, 5.41) is 10.8. The fraction of sp³-hybridized carbons (Fsp3) is 0.136. The maximum atomic E-state index is 10.8. The minimum absolute atomic E-state index is 0.0683. The van der Waals surface area contributed by atoms with Crippen LogP contribution < -0.4 is 14.2 Å². The van der Waals surface area contributed by atoms with Gasteiger partial charge in [0.1, 0.15) is 0 Å². The van der Waals surface area contributed by atoms with Crippen LogP contribution in [-0.4, -0.2) is 32.1 Å². The number of fused-ring (bicyclic) bond motifs is 3. The fourth-order valence-electron chi connectivity index (χ4n) is 3.38. The molecule has 0 unspecified atom stereocenters. The minimum atomic E-state index is 0.0683. The number of ether oxygens (including phenoxy) is 3. The number of hydrogen-bond donors (Lipinski definition) is 1. The summed E-state index contributed by atoms with van der Waals surface area (Å²) >= 11 is 0. The fourth-order valence-corrected chi connectivity index (χ4v) is 3.38. The molecule has 0 fully saturated rings. The Kier molecular flexibility index (Phi) is 4.20. The highest BCUT2D eigenvalue weighted by molar-refractivity contribution is 6.27. The molecular weight excluding hydrogens is 342 g/mol. The summed E-state index contributed by atoms with van der Waals surface area (Å²) < 4.78 is 16.2. The molecule has 27 heavy (non-hydrogen) atoms. The van der Waals surface area contributed by atoms with E-state index < -0.39 is 0 Å². The van der Waals surface area contributed by atoms with Crippen LogP contribution in [-0.2, 0) is 0 Å². The van der Waals surface area contributed by atoms with E-state index in [1.807, 2.05) is 48.5 Å². The van der Waals surface area contributed by atoms with Crippen LogP contribution in [0.4, 0.5) is 5.69 Å². The van der Waals surface area contributed by atoms with E-state index in [1.54, 1.807) is 20.3 Å². The molecule has 0 saturated heterocycles. The van der Waals surface area contributed by atoms with Crippen molar-refractivity contribution in [3.63, 3.8) is 0 Å². The highest BCUT2D eigenvalue weighted by Gasteiger charge is 2.31. The highest BCUT2D eigenvalue weighted by Crippen LogP contribution is 2.48. The lowest BCUT2D eigenvalue weighted by Crippen LogP contribution is -2.00. The smallest absolute Gasteiger partial charge is 0.167 e. The molecule has 0 aromatic heterocycles. The predicted molar refractivity (Wildman–Crippen MR) is 105 cm³/mol. The summed E-state index contributed by atoms with van der Waals surface area (Å²) in [6.45, 7) is 0. The maximum absolute atomic E-state index is 10.8. The van der Waals surface area contributed by atoms with Crippen LogP contribution in [0.5, 0.6) is 23.0 Å². The molecule has 5 heteroatoms. The van der Waals surface area contributed by atoms with Gasteiger partial charge in [-0.3, -0.25) is 0 Å². The molecule has 5 nitrogen and oxygen atoms in total. The van der Waals surface area contributed by atoms with Crippen LogP contribution >= 0.6 is 0 Å². The third-order valence-corrected chi connectivity index (χ3v) is 4.66. The van der Waals surface area contributed by atoms with Crippen molar-refractivity contribution in [2.45, 2.75) is 0 Å². The number of benzene rings is 3. The van der Waals surface area contributed by atoms with Crippen molar-refractivity contribution in [1.82, 2.24) is 0 Å². The van der Waals surface area contributed by atoms with Gasteiger partial charge in [-0.1, -0.05) is 18.2 Å².